The maximum Gasteiger partial charge on any atom is 0.272 e. The zero-order valence-electron chi connectivity index (χ0n) is 19.2. The summed E-state index contributed by atoms with van der Waals surface area (Å²) >= 11 is 0. The molecule has 9 heteroatoms. The van der Waals surface area contributed by atoms with Crippen molar-refractivity contribution in [2.24, 2.45) is 0 Å². The molecule has 33 heavy (non-hydrogen) atoms. The van der Waals surface area contributed by atoms with Crippen molar-refractivity contribution in [2.75, 3.05) is 57.8 Å². The van der Waals surface area contributed by atoms with Gasteiger partial charge in [-0.1, -0.05) is 6.07 Å². The average Bonchev–Trinajstić information content (AvgIpc) is 3.48. The highest BCUT2D eigenvalue weighted by Gasteiger charge is 2.32. The van der Waals surface area contributed by atoms with Crippen molar-refractivity contribution < 1.29 is 4.79 Å². The number of aromatic nitrogens is 4. The number of piperazine rings is 1. The number of rotatable bonds is 7. The third-order valence-electron chi connectivity index (χ3n) is 6.68. The minimum atomic E-state index is -0.108. The van der Waals surface area contributed by atoms with Gasteiger partial charge in [0.15, 0.2) is 5.69 Å². The van der Waals surface area contributed by atoms with Crippen LogP contribution in [0.25, 0.3) is 5.52 Å². The topological polar surface area (TPSA) is 81.9 Å². The fourth-order valence-corrected chi connectivity index (χ4v) is 4.84. The second-order valence-corrected chi connectivity index (χ2v) is 8.93. The normalized spacial score (nSPS) is 19.9. The van der Waals surface area contributed by atoms with Crippen LogP contribution in [0, 0.1) is 0 Å². The molecular weight excluding hydrogens is 416 g/mol. The summed E-state index contributed by atoms with van der Waals surface area (Å²) in [6.45, 7) is 6.97. The molecule has 3 aromatic rings. The van der Waals surface area contributed by atoms with Crippen molar-refractivity contribution in [2.45, 2.75) is 25.3 Å². The van der Waals surface area contributed by atoms with Crippen molar-refractivity contribution in [3.05, 3.63) is 54.4 Å². The Kier molecular flexibility index (Phi) is 6.50. The lowest BCUT2D eigenvalue weighted by Crippen LogP contribution is -2.45. The van der Waals surface area contributed by atoms with Gasteiger partial charge in [0.1, 0.15) is 5.82 Å². The summed E-state index contributed by atoms with van der Waals surface area (Å²) in [5, 5.41) is 3.10. The summed E-state index contributed by atoms with van der Waals surface area (Å²) in [5.41, 5.74) is 1.33. The molecule has 2 fully saturated rings. The number of likely N-dealkylation sites (N-methyl/N-ethyl adjacent to an activating group) is 1. The number of nitrogens with one attached hydrogen (secondary N) is 1. The van der Waals surface area contributed by atoms with Gasteiger partial charge in [0.2, 0.25) is 5.95 Å². The summed E-state index contributed by atoms with van der Waals surface area (Å²) in [6.07, 6.45) is 8.46. The van der Waals surface area contributed by atoms with Gasteiger partial charge in [-0.25, -0.2) is 15.0 Å². The van der Waals surface area contributed by atoms with Crippen LogP contribution in [-0.2, 0) is 0 Å². The first kappa shape index (κ1) is 21.8. The Morgan fingerprint density at radius 2 is 1.91 bits per heavy atom. The Bertz CT molecular complexity index is 1080. The van der Waals surface area contributed by atoms with E-state index in [1.54, 1.807) is 12.4 Å². The van der Waals surface area contributed by atoms with Crippen LogP contribution in [0.1, 0.15) is 41.6 Å². The Hall–Kier alpha value is -3.04. The van der Waals surface area contributed by atoms with E-state index >= 15 is 0 Å². The fraction of sp³-hybridized carbons (Fsp3) is 0.500. The number of pyridine rings is 1. The summed E-state index contributed by atoms with van der Waals surface area (Å²) in [5.74, 6) is 1.48. The van der Waals surface area contributed by atoms with Crippen molar-refractivity contribution in [1.82, 2.24) is 34.5 Å². The lowest BCUT2D eigenvalue weighted by atomic mass is 10.2. The molecule has 1 N–H and O–H groups in total. The lowest BCUT2D eigenvalue weighted by Gasteiger charge is -2.32. The summed E-state index contributed by atoms with van der Waals surface area (Å²) in [6, 6.07) is 7.77. The summed E-state index contributed by atoms with van der Waals surface area (Å²) < 4.78 is 2.05. The SMILES string of the molecule is CN1CCN(CCCNC(=O)c2nc([C@@H]3CCCN3c3ncccn3)n3ccccc23)CC1. The van der Waals surface area contributed by atoms with Gasteiger partial charge in [-0.3, -0.25) is 4.79 Å². The number of hydrogen-bond donors (Lipinski definition) is 1. The van der Waals surface area contributed by atoms with Crippen LogP contribution in [0.15, 0.2) is 42.9 Å². The summed E-state index contributed by atoms with van der Waals surface area (Å²) in [7, 11) is 2.17. The van der Waals surface area contributed by atoms with E-state index < -0.39 is 0 Å². The zero-order chi connectivity index (χ0) is 22.6. The number of anilines is 1. The van der Waals surface area contributed by atoms with Crippen LogP contribution in [0.4, 0.5) is 5.95 Å². The highest BCUT2D eigenvalue weighted by Crippen LogP contribution is 2.34. The molecule has 5 rings (SSSR count). The van der Waals surface area contributed by atoms with Gasteiger partial charge in [0.25, 0.3) is 5.91 Å². The predicted molar refractivity (Wildman–Crippen MR) is 127 cm³/mol. The largest absolute Gasteiger partial charge is 0.351 e. The fourth-order valence-electron chi connectivity index (χ4n) is 4.84. The van der Waals surface area contributed by atoms with Gasteiger partial charge >= 0.3 is 0 Å². The van der Waals surface area contributed by atoms with Crippen molar-refractivity contribution >= 4 is 17.4 Å². The van der Waals surface area contributed by atoms with Crippen molar-refractivity contribution in [1.29, 1.82) is 0 Å². The second-order valence-electron chi connectivity index (χ2n) is 8.93. The molecule has 0 saturated carbocycles. The quantitative estimate of drug-likeness (QED) is 0.552. The van der Waals surface area contributed by atoms with E-state index in [0.29, 0.717) is 18.2 Å². The third kappa shape index (κ3) is 4.69. The first-order valence-corrected chi connectivity index (χ1v) is 11.9. The maximum atomic E-state index is 13.1. The molecule has 0 unspecified atom stereocenters. The molecule has 2 saturated heterocycles. The van der Waals surface area contributed by atoms with Gasteiger partial charge in [0, 0.05) is 57.9 Å². The van der Waals surface area contributed by atoms with E-state index in [1.165, 1.54) is 0 Å². The molecular formula is C24H32N8O. The van der Waals surface area contributed by atoms with Crippen LogP contribution < -0.4 is 10.2 Å². The number of carbonyl (C=O) groups is 1. The Morgan fingerprint density at radius 3 is 2.73 bits per heavy atom. The standard InChI is InChI=1S/C24H32N8O/c1-29-15-17-30(18-16-29)12-6-11-25-23(33)21-19-7-2-3-13-31(19)22(28-21)20-8-4-14-32(20)24-26-9-5-10-27-24/h2-3,5,7,9-10,13,20H,4,6,8,11-12,14-18H2,1H3,(H,25,33)/t20-/m0/s1. The van der Waals surface area contributed by atoms with Crippen LogP contribution in [0.3, 0.4) is 0 Å². The molecule has 5 heterocycles. The van der Waals surface area contributed by atoms with E-state index in [2.05, 4.69) is 37.0 Å². The number of imidazole rings is 1. The molecule has 2 aliphatic heterocycles. The molecule has 1 atom stereocenters. The van der Waals surface area contributed by atoms with Gasteiger partial charge in [-0.2, -0.15) is 0 Å². The minimum Gasteiger partial charge on any atom is -0.351 e. The molecule has 0 radical (unpaired) electrons. The van der Waals surface area contributed by atoms with E-state index in [0.717, 1.165) is 69.9 Å². The highest BCUT2D eigenvalue weighted by atomic mass is 16.1. The molecule has 0 bridgehead atoms. The molecule has 0 aliphatic carbocycles. The minimum absolute atomic E-state index is 0.0427. The molecule has 3 aromatic heterocycles. The predicted octanol–water partition coefficient (Wildman–Crippen LogP) is 1.83. The monoisotopic (exact) mass is 448 g/mol. The third-order valence-corrected chi connectivity index (χ3v) is 6.68. The number of fused-ring (bicyclic) bond motifs is 1. The van der Waals surface area contributed by atoms with Gasteiger partial charge in [-0.15, -0.1) is 0 Å². The van der Waals surface area contributed by atoms with Gasteiger partial charge < -0.3 is 24.4 Å². The van der Waals surface area contributed by atoms with Gasteiger partial charge in [0.05, 0.1) is 11.6 Å². The number of amides is 1. The first-order chi connectivity index (χ1) is 16.2. The smallest absolute Gasteiger partial charge is 0.272 e. The molecule has 174 valence electrons. The van der Waals surface area contributed by atoms with Crippen LogP contribution in [-0.4, -0.2) is 87.9 Å². The van der Waals surface area contributed by atoms with Gasteiger partial charge in [-0.05, 0) is 51.1 Å². The van der Waals surface area contributed by atoms with Crippen LogP contribution in [0.2, 0.25) is 0 Å². The Balaban J connectivity index is 1.29. The molecule has 2 aliphatic rings. The first-order valence-electron chi connectivity index (χ1n) is 11.9. The second kappa shape index (κ2) is 9.84. The molecule has 9 nitrogen and oxygen atoms in total. The van der Waals surface area contributed by atoms with Crippen molar-refractivity contribution in [3.63, 3.8) is 0 Å². The maximum absolute atomic E-state index is 13.1. The van der Waals surface area contributed by atoms with E-state index in [1.807, 2.05) is 34.9 Å². The number of carbonyl (C=O) groups excluding carboxylic acids is 1. The number of nitrogens with zero attached hydrogens (tertiary/aromatic N) is 7. The molecule has 1 amide bonds. The van der Waals surface area contributed by atoms with Crippen LogP contribution in [0.5, 0.6) is 0 Å². The Morgan fingerprint density at radius 1 is 1.09 bits per heavy atom. The van der Waals surface area contributed by atoms with E-state index in [4.69, 9.17) is 4.98 Å². The highest BCUT2D eigenvalue weighted by molar-refractivity contribution is 5.99. The van der Waals surface area contributed by atoms with Crippen LogP contribution >= 0.6 is 0 Å². The van der Waals surface area contributed by atoms with E-state index in [9.17, 15) is 4.79 Å². The zero-order valence-corrected chi connectivity index (χ0v) is 19.2. The molecule has 0 spiro atoms. The lowest BCUT2D eigenvalue weighted by molar-refractivity contribution is 0.0946. The Labute approximate surface area is 194 Å². The number of hydrogen-bond acceptors (Lipinski definition) is 7. The van der Waals surface area contributed by atoms with Crippen molar-refractivity contribution in [3.8, 4) is 0 Å². The summed E-state index contributed by atoms with van der Waals surface area (Å²) in [4.78, 5) is 33.9. The molecule has 0 aromatic carbocycles. The average molecular weight is 449 g/mol. The van der Waals surface area contributed by atoms with E-state index in [-0.39, 0.29) is 11.9 Å².